The Kier molecular flexibility index (Phi) is 7.54. The molecule has 2 aliphatic rings. The molecule has 0 radical (unpaired) electrons. The lowest BCUT2D eigenvalue weighted by Crippen LogP contribution is -2.41. The minimum atomic E-state index is -0.167. The number of benzene rings is 1. The second-order valence-corrected chi connectivity index (χ2v) is 8.27. The van der Waals surface area contributed by atoms with E-state index in [2.05, 4.69) is 25.5 Å². The van der Waals surface area contributed by atoms with Crippen molar-refractivity contribution >= 4 is 29.1 Å². The van der Waals surface area contributed by atoms with E-state index < -0.39 is 0 Å². The Morgan fingerprint density at radius 1 is 1.12 bits per heavy atom. The number of aromatic amines is 1. The van der Waals surface area contributed by atoms with E-state index in [0.717, 1.165) is 44.8 Å². The van der Waals surface area contributed by atoms with Crippen molar-refractivity contribution in [2.24, 2.45) is 0 Å². The summed E-state index contributed by atoms with van der Waals surface area (Å²) in [6.07, 6.45) is 2.28. The molecule has 1 aromatic heterocycles. The van der Waals surface area contributed by atoms with E-state index in [-0.39, 0.29) is 30.3 Å². The summed E-state index contributed by atoms with van der Waals surface area (Å²) in [4.78, 5) is 31.4. The van der Waals surface area contributed by atoms with Crippen LogP contribution < -0.4 is 4.90 Å². The first kappa shape index (κ1) is 22.5. The third-order valence-corrected chi connectivity index (χ3v) is 6.28. The van der Waals surface area contributed by atoms with Gasteiger partial charge in [0.05, 0.1) is 19.8 Å². The molecule has 3 heterocycles. The molecular weight excluding hydrogens is 434 g/mol. The molecule has 0 saturated carbocycles. The van der Waals surface area contributed by atoms with Crippen molar-refractivity contribution in [2.75, 3.05) is 50.2 Å². The molecule has 2 aromatic rings. The maximum absolute atomic E-state index is 13.1. The summed E-state index contributed by atoms with van der Waals surface area (Å²) in [5, 5.41) is 13.9. The summed E-state index contributed by atoms with van der Waals surface area (Å²) in [6.45, 7) is 4.67. The van der Waals surface area contributed by atoms with Crippen molar-refractivity contribution in [1.29, 1.82) is 0 Å². The van der Waals surface area contributed by atoms with Gasteiger partial charge >= 0.3 is 0 Å². The zero-order valence-corrected chi connectivity index (χ0v) is 18.7. The molecule has 2 aliphatic heterocycles. The number of H-pyrrole nitrogens is 1. The van der Waals surface area contributed by atoms with E-state index >= 15 is 0 Å². The molecule has 1 atom stereocenters. The largest absolute Gasteiger partial charge is 0.378 e. The second kappa shape index (κ2) is 10.7. The van der Waals surface area contributed by atoms with Gasteiger partial charge in [0.2, 0.25) is 5.91 Å². The van der Waals surface area contributed by atoms with Gasteiger partial charge in [-0.05, 0) is 43.5 Å². The quantitative estimate of drug-likeness (QED) is 0.646. The summed E-state index contributed by atoms with van der Waals surface area (Å²) in [5.74, 6) is 0.195. The van der Waals surface area contributed by atoms with Crippen LogP contribution in [0.15, 0.2) is 24.3 Å². The molecule has 4 rings (SSSR count). The average Bonchev–Trinajstić information content (AvgIpc) is 3.25. The zero-order chi connectivity index (χ0) is 22.3. The first-order valence-electron chi connectivity index (χ1n) is 11.0. The van der Waals surface area contributed by atoms with Crippen molar-refractivity contribution in [3.8, 4) is 0 Å². The lowest BCUT2D eigenvalue weighted by Gasteiger charge is -2.30. The second-order valence-electron chi connectivity index (χ2n) is 8.01. The normalized spacial score (nSPS) is 19.5. The van der Waals surface area contributed by atoms with Crippen molar-refractivity contribution in [1.82, 2.24) is 30.4 Å². The summed E-state index contributed by atoms with van der Waals surface area (Å²) in [7, 11) is 0. The van der Waals surface area contributed by atoms with Gasteiger partial charge in [-0.25, -0.2) is 0 Å². The van der Waals surface area contributed by atoms with Crippen LogP contribution in [0.1, 0.15) is 35.4 Å². The Labute approximate surface area is 191 Å². The molecule has 1 aromatic carbocycles. The topological polar surface area (TPSA) is 108 Å². The highest BCUT2D eigenvalue weighted by molar-refractivity contribution is 6.27. The van der Waals surface area contributed by atoms with Gasteiger partial charge in [0.25, 0.3) is 5.91 Å². The molecule has 2 saturated heterocycles. The van der Waals surface area contributed by atoms with E-state index in [1.807, 2.05) is 29.2 Å². The van der Waals surface area contributed by atoms with E-state index in [0.29, 0.717) is 30.9 Å². The molecule has 2 fully saturated rings. The van der Waals surface area contributed by atoms with Gasteiger partial charge in [-0.1, -0.05) is 5.21 Å². The first-order valence-corrected chi connectivity index (χ1v) is 11.5. The lowest BCUT2D eigenvalue weighted by atomic mass is 10.1. The molecule has 1 N–H and O–H groups in total. The maximum Gasteiger partial charge on any atom is 0.253 e. The Morgan fingerprint density at radius 3 is 2.59 bits per heavy atom. The monoisotopic (exact) mass is 461 g/mol. The van der Waals surface area contributed by atoms with Crippen LogP contribution in [0.5, 0.6) is 0 Å². The summed E-state index contributed by atoms with van der Waals surface area (Å²) in [5.41, 5.74) is 1.79. The third-order valence-electron chi connectivity index (χ3n) is 6.05. The average molecular weight is 462 g/mol. The van der Waals surface area contributed by atoms with Crippen molar-refractivity contribution in [2.45, 2.75) is 31.8 Å². The van der Waals surface area contributed by atoms with Crippen LogP contribution in [-0.2, 0) is 16.1 Å². The van der Waals surface area contributed by atoms with Crippen molar-refractivity contribution < 1.29 is 14.3 Å². The summed E-state index contributed by atoms with van der Waals surface area (Å²) < 4.78 is 5.40. The minimum Gasteiger partial charge on any atom is -0.378 e. The fraction of sp³-hybridized carbons (Fsp3) is 0.571. The van der Waals surface area contributed by atoms with Gasteiger partial charge in [0, 0.05) is 43.5 Å². The van der Waals surface area contributed by atoms with Crippen LogP contribution in [-0.4, -0.2) is 93.6 Å². The smallest absolute Gasteiger partial charge is 0.253 e. The number of carbonyl (C=O) groups excluding carboxylic acids is 2. The van der Waals surface area contributed by atoms with E-state index in [1.54, 1.807) is 4.90 Å². The molecule has 0 bridgehead atoms. The predicted molar refractivity (Wildman–Crippen MR) is 118 cm³/mol. The Hall–Kier alpha value is -2.72. The number of nitrogens with zero attached hydrogens (tertiary/aromatic N) is 6. The van der Waals surface area contributed by atoms with Crippen molar-refractivity contribution in [3.05, 3.63) is 35.7 Å². The van der Waals surface area contributed by atoms with Gasteiger partial charge in [0.15, 0.2) is 5.82 Å². The molecule has 2 amide bonds. The number of carbonyl (C=O) groups is 2. The predicted octanol–water partition coefficient (Wildman–Crippen LogP) is 1.30. The van der Waals surface area contributed by atoms with Crippen LogP contribution in [0.4, 0.5) is 5.69 Å². The van der Waals surface area contributed by atoms with Gasteiger partial charge in [-0.2, -0.15) is 5.21 Å². The van der Waals surface area contributed by atoms with Crippen LogP contribution in [0.2, 0.25) is 0 Å². The highest BCUT2D eigenvalue weighted by Crippen LogP contribution is 2.22. The number of hydrogen-bond acceptors (Lipinski definition) is 7. The Bertz CT molecular complexity index is 887. The highest BCUT2D eigenvalue weighted by atomic mass is 35.5. The molecule has 0 spiro atoms. The van der Waals surface area contributed by atoms with Crippen LogP contribution >= 0.6 is 11.6 Å². The fourth-order valence-corrected chi connectivity index (χ4v) is 4.47. The molecule has 1 unspecified atom stereocenters. The number of anilines is 1. The number of rotatable bonds is 6. The van der Waals surface area contributed by atoms with Gasteiger partial charge in [-0.15, -0.1) is 21.8 Å². The highest BCUT2D eigenvalue weighted by Gasteiger charge is 2.29. The summed E-state index contributed by atoms with van der Waals surface area (Å²) in [6, 6.07) is 7.78. The Balaban J connectivity index is 1.38. The van der Waals surface area contributed by atoms with Crippen LogP contribution in [0, 0.1) is 0 Å². The Morgan fingerprint density at radius 2 is 1.91 bits per heavy atom. The number of amides is 2. The number of aromatic nitrogens is 4. The SMILES string of the molecule is O=C(c1ccc(N2CCOCC2)cc1)N1CCCC(N(Cc2nn[nH]n2)C(=O)CCl)CC1. The van der Waals surface area contributed by atoms with E-state index in [4.69, 9.17) is 16.3 Å². The molecule has 172 valence electrons. The number of likely N-dealkylation sites (tertiary alicyclic amines) is 1. The zero-order valence-electron chi connectivity index (χ0n) is 18.0. The molecular formula is C21H28ClN7O3. The number of nitrogens with one attached hydrogen (secondary N) is 1. The number of morpholine rings is 1. The van der Waals surface area contributed by atoms with E-state index in [9.17, 15) is 9.59 Å². The number of hydrogen-bond donors (Lipinski definition) is 1. The van der Waals surface area contributed by atoms with Crippen LogP contribution in [0.3, 0.4) is 0 Å². The first-order chi connectivity index (χ1) is 15.7. The van der Waals surface area contributed by atoms with Crippen LogP contribution in [0.25, 0.3) is 0 Å². The minimum absolute atomic E-state index is 0.0209. The van der Waals surface area contributed by atoms with Gasteiger partial charge < -0.3 is 19.4 Å². The van der Waals surface area contributed by atoms with Gasteiger partial charge in [-0.3, -0.25) is 9.59 Å². The molecule has 0 aliphatic carbocycles. The summed E-state index contributed by atoms with van der Waals surface area (Å²) >= 11 is 5.84. The van der Waals surface area contributed by atoms with E-state index in [1.165, 1.54) is 0 Å². The molecule has 10 nitrogen and oxygen atoms in total. The molecule has 11 heteroatoms. The fourth-order valence-electron chi connectivity index (χ4n) is 4.31. The number of halogens is 1. The number of tetrazole rings is 1. The lowest BCUT2D eigenvalue weighted by molar-refractivity contribution is -0.131. The van der Waals surface area contributed by atoms with Crippen molar-refractivity contribution in [3.63, 3.8) is 0 Å². The number of ether oxygens (including phenoxy) is 1. The number of alkyl halides is 1. The standard InChI is InChI=1S/C21H28ClN7O3/c22-14-20(30)29(15-19-23-25-26-24-19)18-2-1-8-28(9-7-18)21(31)16-3-5-17(6-4-16)27-10-12-32-13-11-27/h3-6,18H,1-2,7-15H2,(H,23,24,25,26). The van der Waals surface area contributed by atoms with Gasteiger partial charge in [0.1, 0.15) is 5.88 Å². The third kappa shape index (κ3) is 5.36. The molecule has 32 heavy (non-hydrogen) atoms. The maximum atomic E-state index is 13.1.